The zero-order valence-electron chi connectivity index (χ0n) is 23.3. The summed E-state index contributed by atoms with van der Waals surface area (Å²) in [6.07, 6.45) is -5.75. The van der Waals surface area contributed by atoms with Crippen LogP contribution in [-0.2, 0) is 9.47 Å². The van der Waals surface area contributed by atoms with Crippen molar-refractivity contribution in [1.82, 2.24) is 0 Å². The quantitative estimate of drug-likeness (QED) is 0.253. The fourth-order valence-electron chi connectivity index (χ4n) is 4.42. The summed E-state index contributed by atoms with van der Waals surface area (Å²) in [5.41, 5.74) is 1.21. The van der Waals surface area contributed by atoms with E-state index in [2.05, 4.69) is 0 Å². The molecule has 0 radical (unpaired) electrons. The van der Waals surface area contributed by atoms with E-state index in [1.54, 1.807) is 19.1 Å². The largest absolute Gasteiger partial charge is 0.502 e. The van der Waals surface area contributed by atoms with Crippen molar-refractivity contribution in [3.05, 3.63) is 41.5 Å². The van der Waals surface area contributed by atoms with E-state index < -0.39 is 49.5 Å². The molecule has 2 aromatic rings. The first-order valence-corrected chi connectivity index (χ1v) is 12.6. The van der Waals surface area contributed by atoms with Gasteiger partial charge in [-0.25, -0.2) is 0 Å². The predicted molar refractivity (Wildman–Crippen MR) is 143 cm³/mol. The second-order valence-corrected chi connectivity index (χ2v) is 9.11. The van der Waals surface area contributed by atoms with E-state index in [4.69, 9.17) is 33.2 Å². The molecule has 5 N–H and O–H groups in total. The smallest absolute Gasteiger partial charge is 0.203 e. The van der Waals surface area contributed by atoms with Crippen molar-refractivity contribution in [2.75, 3.05) is 35.0 Å². The van der Waals surface area contributed by atoms with Gasteiger partial charge in [-0.05, 0) is 49.2 Å². The molecule has 0 saturated carbocycles. The van der Waals surface area contributed by atoms with Gasteiger partial charge in [-0.2, -0.15) is 0 Å². The SMILES string of the molecule is CC=Cc1cc(OC)c(OC(C)C(OC2OC(CO)C(O)C(O)C2O)c2cc(OC)c(O)c(OC)c2)c(OC)c1. The Morgan fingerprint density at radius 1 is 0.850 bits per heavy atom. The van der Waals surface area contributed by atoms with Crippen molar-refractivity contribution >= 4 is 6.08 Å². The molecule has 1 saturated heterocycles. The lowest BCUT2D eigenvalue weighted by Crippen LogP contribution is -2.59. The highest BCUT2D eigenvalue weighted by Crippen LogP contribution is 2.44. The number of aromatic hydroxyl groups is 1. The van der Waals surface area contributed by atoms with E-state index in [0.717, 1.165) is 5.56 Å². The molecule has 12 heteroatoms. The zero-order chi connectivity index (χ0) is 29.6. The van der Waals surface area contributed by atoms with Crippen molar-refractivity contribution in [2.45, 2.75) is 56.8 Å². The predicted octanol–water partition coefficient (Wildman–Crippen LogP) is 1.78. The lowest BCUT2D eigenvalue weighted by molar-refractivity contribution is -0.317. The maximum atomic E-state index is 10.7. The molecule has 2 aromatic carbocycles. The number of ether oxygens (including phenoxy) is 7. The van der Waals surface area contributed by atoms with E-state index >= 15 is 0 Å². The van der Waals surface area contributed by atoms with Crippen LogP contribution in [0.15, 0.2) is 30.3 Å². The number of benzene rings is 2. The molecular weight excluding hydrogens is 528 g/mol. The van der Waals surface area contributed by atoms with Crippen molar-refractivity contribution in [3.63, 3.8) is 0 Å². The summed E-state index contributed by atoms with van der Waals surface area (Å²) in [5, 5.41) is 51.3. The van der Waals surface area contributed by atoms with Crippen LogP contribution in [0.1, 0.15) is 31.1 Å². The highest BCUT2D eigenvalue weighted by molar-refractivity contribution is 5.62. The Balaban J connectivity index is 2.08. The number of allylic oxidation sites excluding steroid dienone is 1. The fourth-order valence-corrected chi connectivity index (χ4v) is 4.42. The van der Waals surface area contributed by atoms with Gasteiger partial charge >= 0.3 is 0 Å². The molecule has 0 aromatic heterocycles. The third kappa shape index (κ3) is 6.54. The number of rotatable bonds is 12. The number of phenolic OH excluding ortho intramolecular Hbond substituents is 1. The standard InChI is InChI=1S/C28H38O12/c1-7-8-15-9-19(36-5)27(20(10-15)37-6)38-14(2)26(16-11-17(34-3)22(30)18(12-16)35-4)40-28-25(33)24(32)23(31)21(13-29)39-28/h7-12,14,21,23-26,28-33H,13H2,1-6H3. The highest BCUT2D eigenvalue weighted by atomic mass is 16.7. The van der Waals surface area contributed by atoms with Gasteiger partial charge in [0.25, 0.3) is 0 Å². The number of aliphatic hydroxyl groups excluding tert-OH is 4. The van der Waals surface area contributed by atoms with Gasteiger partial charge in [0.2, 0.25) is 11.5 Å². The summed E-state index contributed by atoms with van der Waals surface area (Å²) in [6, 6.07) is 6.53. The molecule has 0 aliphatic carbocycles. The van der Waals surface area contributed by atoms with Crippen LogP contribution in [0, 0.1) is 0 Å². The first-order valence-electron chi connectivity index (χ1n) is 12.6. The number of hydrogen-bond donors (Lipinski definition) is 5. The van der Waals surface area contributed by atoms with Gasteiger partial charge in [-0.3, -0.25) is 0 Å². The normalized spacial score (nSPS) is 24.4. The van der Waals surface area contributed by atoms with E-state index in [1.807, 2.05) is 19.1 Å². The third-order valence-electron chi connectivity index (χ3n) is 6.53. The number of methoxy groups -OCH3 is 4. The second-order valence-electron chi connectivity index (χ2n) is 9.11. The minimum Gasteiger partial charge on any atom is -0.502 e. The summed E-state index contributed by atoms with van der Waals surface area (Å²) >= 11 is 0. The van der Waals surface area contributed by atoms with Crippen LogP contribution in [0.3, 0.4) is 0 Å². The van der Waals surface area contributed by atoms with Crippen LogP contribution in [0.25, 0.3) is 6.08 Å². The molecule has 3 rings (SSSR count). The molecule has 1 aliphatic heterocycles. The van der Waals surface area contributed by atoms with Gasteiger partial charge < -0.3 is 58.7 Å². The molecular formula is C28H38O12. The lowest BCUT2D eigenvalue weighted by atomic mass is 9.98. The molecule has 1 fully saturated rings. The monoisotopic (exact) mass is 566 g/mol. The third-order valence-corrected chi connectivity index (χ3v) is 6.53. The van der Waals surface area contributed by atoms with Gasteiger partial charge in [-0.15, -0.1) is 0 Å². The molecule has 0 amide bonds. The molecule has 7 unspecified atom stereocenters. The average molecular weight is 567 g/mol. The second kappa shape index (κ2) is 13.9. The van der Waals surface area contributed by atoms with Gasteiger partial charge in [0, 0.05) is 0 Å². The Bertz CT molecular complexity index is 1100. The van der Waals surface area contributed by atoms with Crippen LogP contribution >= 0.6 is 0 Å². The van der Waals surface area contributed by atoms with E-state index in [9.17, 15) is 25.5 Å². The molecule has 0 bridgehead atoms. The summed E-state index contributed by atoms with van der Waals surface area (Å²) in [7, 11) is 5.72. The molecule has 1 heterocycles. The molecule has 0 spiro atoms. The van der Waals surface area contributed by atoms with Crippen LogP contribution in [0.2, 0.25) is 0 Å². The summed E-state index contributed by atoms with van der Waals surface area (Å²) < 4.78 is 39.8. The zero-order valence-corrected chi connectivity index (χ0v) is 23.3. The minimum atomic E-state index is -1.67. The van der Waals surface area contributed by atoms with Crippen LogP contribution in [0.4, 0.5) is 0 Å². The van der Waals surface area contributed by atoms with Crippen molar-refractivity contribution in [1.29, 1.82) is 0 Å². The number of hydrogen-bond acceptors (Lipinski definition) is 12. The molecule has 222 valence electrons. The topological polar surface area (TPSA) is 166 Å². The Hall–Kier alpha value is -3.26. The van der Waals surface area contributed by atoms with Crippen molar-refractivity contribution in [2.24, 2.45) is 0 Å². The Morgan fingerprint density at radius 2 is 1.40 bits per heavy atom. The van der Waals surface area contributed by atoms with Crippen LogP contribution < -0.4 is 23.7 Å². The lowest BCUT2D eigenvalue weighted by Gasteiger charge is -2.41. The molecule has 12 nitrogen and oxygen atoms in total. The Kier molecular flexibility index (Phi) is 10.9. The molecule has 1 aliphatic rings. The van der Waals surface area contributed by atoms with Gasteiger partial charge in [-0.1, -0.05) is 12.2 Å². The van der Waals surface area contributed by atoms with Crippen LogP contribution in [-0.4, -0.2) is 97.4 Å². The summed E-state index contributed by atoms with van der Waals surface area (Å²) in [5.74, 6) is 0.950. The highest BCUT2D eigenvalue weighted by Gasteiger charge is 2.46. The Labute approximate surface area is 232 Å². The molecule has 7 atom stereocenters. The van der Waals surface area contributed by atoms with E-state index in [1.165, 1.54) is 40.6 Å². The van der Waals surface area contributed by atoms with Gasteiger partial charge in [0.05, 0.1) is 35.0 Å². The minimum absolute atomic E-state index is 0.0785. The average Bonchev–Trinajstić information content (AvgIpc) is 2.96. The van der Waals surface area contributed by atoms with Crippen molar-refractivity contribution in [3.8, 4) is 34.5 Å². The first kappa shape index (κ1) is 31.3. The van der Waals surface area contributed by atoms with Gasteiger partial charge in [0.1, 0.15) is 36.6 Å². The summed E-state index contributed by atoms with van der Waals surface area (Å²) in [6.45, 7) is 2.93. The van der Waals surface area contributed by atoms with E-state index in [0.29, 0.717) is 17.1 Å². The van der Waals surface area contributed by atoms with E-state index in [-0.39, 0.29) is 23.0 Å². The number of phenols is 1. The summed E-state index contributed by atoms with van der Waals surface area (Å²) in [4.78, 5) is 0. The van der Waals surface area contributed by atoms with Crippen LogP contribution in [0.5, 0.6) is 34.5 Å². The van der Waals surface area contributed by atoms with Crippen molar-refractivity contribution < 1.29 is 58.7 Å². The maximum Gasteiger partial charge on any atom is 0.203 e. The number of aliphatic hydroxyl groups is 4. The maximum absolute atomic E-state index is 10.7. The first-order chi connectivity index (χ1) is 19.1. The fraction of sp³-hybridized carbons (Fsp3) is 0.500. The molecule has 40 heavy (non-hydrogen) atoms. The Morgan fingerprint density at radius 3 is 1.88 bits per heavy atom. The van der Waals surface area contributed by atoms with Gasteiger partial charge in [0.15, 0.2) is 29.3 Å².